The number of fused-ring (bicyclic) bond motifs is 6. The summed E-state index contributed by atoms with van der Waals surface area (Å²) in [6.07, 6.45) is 2.89. The first kappa shape index (κ1) is 27.8. The molecule has 1 saturated heterocycles. The fourth-order valence-corrected chi connectivity index (χ4v) is 6.70. The lowest BCUT2D eigenvalue weighted by molar-refractivity contribution is -0.129. The van der Waals surface area contributed by atoms with E-state index in [0.29, 0.717) is 46.6 Å². The van der Waals surface area contributed by atoms with Gasteiger partial charge in [-0.25, -0.2) is 14.4 Å². The Morgan fingerprint density at radius 2 is 2.00 bits per heavy atom. The molecule has 0 aliphatic carbocycles. The summed E-state index contributed by atoms with van der Waals surface area (Å²) in [5.41, 5.74) is 4.94. The largest absolute Gasteiger partial charge is 0.484 e. The summed E-state index contributed by atoms with van der Waals surface area (Å²) in [6, 6.07) is 12.6. The van der Waals surface area contributed by atoms with Crippen molar-refractivity contribution in [2.75, 3.05) is 24.6 Å². The highest BCUT2D eigenvalue weighted by atomic mass is 19.1. The molecule has 0 spiro atoms. The lowest BCUT2D eigenvalue weighted by Gasteiger charge is -2.48. The fourth-order valence-electron chi connectivity index (χ4n) is 6.70. The van der Waals surface area contributed by atoms with Crippen LogP contribution in [-0.4, -0.2) is 62.1 Å². The Labute approximate surface area is 253 Å². The van der Waals surface area contributed by atoms with Crippen LogP contribution in [0.4, 0.5) is 10.1 Å². The van der Waals surface area contributed by atoms with E-state index in [0.717, 1.165) is 16.6 Å². The van der Waals surface area contributed by atoms with Crippen LogP contribution < -0.4 is 15.2 Å². The number of carbonyl (C=O) groups is 1. The number of anilines is 1. The number of aromatic nitrogens is 4. The van der Waals surface area contributed by atoms with Crippen molar-refractivity contribution in [1.82, 2.24) is 24.4 Å². The monoisotopic (exact) mass is 592 g/mol. The number of halogens is 1. The number of amides is 1. The third-order valence-corrected chi connectivity index (χ3v) is 8.88. The van der Waals surface area contributed by atoms with Gasteiger partial charge in [0.1, 0.15) is 18.1 Å². The van der Waals surface area contributed by atoms with E-state index in [9.17, 15) is 9.59 Å². The molecule has 1 N–H and O–H groups in total. The highest BCUT2D eigenvalue weighted by Gasteiger charge is 2.40. The number of H-pyrrole nitrogens is 1. The first-order valence-corrected chi connectivity index (χ1v) is 14.8. The van der Waals surface area contributed by atoms with Crippen molar-refractivity contribution >= 4 is 33.7 Å². The topological polar surface area (TPSA) is 96.3 Å². The van der Waals surface area contributed by atoms with Crippen molar-refractivity contribution in [2.24, 2.45) is 0 Å². The molecule has 1 amide bonds. The Morgan fingerprint density at radius 3 is 2.77 bits per heavy atom. The van der Waals surface area contributed by atoms with Crippen molar-refractivity contribution in [3.05, 3.63) is 88.7 Å². The Kier molecular flexibility index (Phi) is 6.53. The molecule has 7 rings (SSSR count). The summed E-state index contributed by atoms with van der Waals surface area (Å²) in [5.74, 6) is -0.432. The van der Waals surface area contributed by atoms with Crippen LogP contribution in [0.5, 0.6) is 5.75 Å². The zero-order chi connectivity index (χ0) is 30.9. The highest BCUT2D eigenvalue weighted by molar-refractivity contribution is 5.99. The van der Waals surface area contributed by atoms with Gasteiger partial charge in [-0.3, -0.25) is 14.2 Å². The normalized spacial score (nSPS) is 18.0. The first-order valence-electron chi connectivity index (χ1n) is 14.8. The van der Waals surface area contributed by atoms with Crippen molar-refractivity contribution in [3.8, 4) is 22.7 Å². The van der Waals surface area contributed by atoms with Gasteiger partial charge in [-0.05, 0) is 55.2 Å². The number of nitrogens with zero attached hydrogens (tertiary/aromatic N) is 5. The Morgan fingerprint density at radius 1 is 1.20 bits per heavy atom. The number of carbonyl (C=O) groups excluding carboxylic acids is 1. The van der Waals surface area contributed by atoms with Crippen LogP contribution in [0.1, 0.15) is 37.8 Å². The van der Waals surface area contributed by atoms with E-state index in [4.69, 9.17) is 9.72 Å². The minimum absolute atomic E-state index is 0.103. The van der Waals surface area contributed by atoms with Crippen molar-refractivity contribution in [1.29, 1.82) is 0 Å². The summed E-state index contributed by atoms with van der Waals surface area (Å²) in [6.45, 7) is 12.7. The van der Waals surface area contributed by atoms with Gasteiger partial charge in [0.25, 0.3) is 0 Å². The Balaban J connectivity index is 1.55. The molecule has 0 unspecified atom stereocenters. The second-order valence-corrected chi connectivity index (χ2v) is 11.9. The lowest BCUT2D eigenvalue weighted by Crippen LogP contribution is -2.62. The second-order valence-electron chi connectivity index (χ2n) is 11.9. The van der Waals surface area contributed by atoms with Crippen molar-refractivity contribution in [2.45, 2.75) is 45.7 Å². The van der Waals surface area contributed by atoms with Crippen LogP contribution in [0.3, 0.4) is 0 Å². The number of aromatic amines is 1. The number of piperazine rings is 1. The van der Waals surface area contributed by atoms with E-state index in [1.807, 2.05) is 50.2 Å². The standard InChI is InChI=1S/C34H33FN6O3/c1-6-27(42)39-15-21-16-44-32-31(40(21)14-20(39)5)23-13-24(35)29(28-19(4)11-12-25-30(28)37-17-36-25)38-33(23)41(34(32)43)26-10-8-7-9-22(26)18(2)3/h6-13,17-18,20-21H,1,14-16H2,2-5H3,(H,36,37)/t20-,21-/m1/s1. The average Bonchev–Trinajstić information content (AvgIpc) is 3.49. The quantitative estimate of drug-likeness (QED) is 0.278. The van der Waals surface area contributed by atoms with Crippen molar-refractivity contribution in [3.63, 3.8) is 0 Å². The van der Waals surface area contributed by atoms with Gasteiger partial charge in [-0.1, -0.05) is 44.7 Å². The van der Waals surface area contributed by atoms with Crippen LogP contribution >= 0.6 is 0 Å². The maximum absolute atomic E-state index is 16.4. The molecule has 1 fully saturated rings. The van der Waals surface area contributed by atoms with E-state index >= 15 is 4.39 Å². The minimum atomic E-state index is -0.531. The SMILES string of the molecule is C=CC(=O)N1C[C@@H]2COc3c(c4cc(F)c(-c5c(C)ccc6[nH]cnc56)nc4n(-c4ccccc4C(C)C)c3=O)N2C[C@H]1C. The number of hydrogen-bond donors (Lipinski definition) is 1. The van der Waals surface area contributed by atoms with Gasteiger partial charge in [0.2, 0.25) is 11.7 Å². The molecule has 2 aromatic carbocycles. The highest BCUT2D eigenvalue weighted by Crippen LogP contribution is 2.42. The van der Waals surface area contributed by atoms with Crippen LogP contribution in [0.25, 0.3) is 39.0 Å². The third-order valence-electron chi connectivity index (χ3n) is 8.88. The van der Waals surface area contributed by atoms with E-state index in [2.05, 4.69) is 35.3 Å². The number of benzene rings is 2. The fraction of sp³-hybridized carbons (Fsp3) is 0.294. The van der Waals surface area contributed by atoms with Gasteiger partial charge in [-0.15, -0.1) is 0 Å². The Bertz CT molecular complexity index is 2050. The van der Waals surface area contributed by atoms with Gasteiger partial charge in [0.05, 0.1) is 34.8 Å². The molecule has 224 valence electrons. The van der Waals surface area contributed by atoms with Gasteiger partial charge in [-0.2, -0.15) is 0 Å². The molecule has 5 aromatic rings. The first-order chi connectivity index (χ1) is 21.2. The number of ether oxygens (including phenoxy) is 1. The molecule has 0 saturated carbocycles. The van der Waals surface area contributed by atoms with E-state index in [1.165, 1.54) is 12.1 Å². The van der Waals surface area contributed by atoms with Gasteiger partial charge >= 0.3 is 5.56 Å². The number of pyridine rings is 2. The van der Waals surface area contributed by atoms with E-state index in [1.54, 1.807) is 15.8 Å². The predicted molar refractivity (Wildman–Crippen MR) is 169 cm³/mol. The summed E-state index contributed by atoms with van der Waals surface area (Å²) < 4.78 is 24.2. The van der Waals surface area contributed by atoms with Crippen LogP contribution in [0.2, 0.25) is 0 Å². The van der Waals surface area contributed by atoms with Crippen LogP contribution in [0, 0.1) is 12.7 Å². The lowest BCUT2D eigenvalue weighted by atomic mass is 9.99. The van der Waals surface area contributed by atoms with Gasteiger partial charge in [0.15, 0.2) is 5.65 Å². The van der Waals surface area contributed by atoms with Crippen LogP contribution in [-0.2, 0) is 4.79 Å². The smallest absolute Gasteiger partial charge is 0.301 e. The summed E-state index contributed by atoms with van der Waals surface area (Å²) >= 11 is 0. The number of nitrogens with one attached hydrogen (secondary N) is 1. The summed E-state index contributed by atoms with van der Waals surface area (Å²) in [5, 5.41) is 0.465. The Hall–Kier alpha value is -4.99. The molecule has 0 bridgehead atoms. The van der Waals surface area contributed by atoms with Crippen LogP contribution in [0.15, 0.2) is 66.2 Å². The van der Waals surface area contributed by atoms with E-state index in [-0.39, 0.29) is 47.5 Å². The number of imidazole rings is 1. The number of rotatable bonds is 4. The molecular formula is C34H33FN6O3. The number of para-hydroxylation sites is 1. The molecule has 2 atom stereocenters. The zero-order valence-electron chi connectivity index (χ0n) is 25.1. The summed E-state index contributed by atoms with van der Waals surface area (Å²) in [4.78, 5) is 43.5. The molecule has 3 aromatic heterocycles. The zero-order valence-corrected chi connectivity index (χ0v) is 25.1. The molecule has 9 nitrogen and oxygen atoms in total. The molecule has 10 heteroatoms. The number of hydrogen-bond acceptors (Lipinski definition) is 6. The molecule has 5 heterocycles. The molecule has 0 radical (unpaired) electrons. The number of aryl methyl sites for hydroxylation is 1. The molecule has 44 heavy (non-hydrogen) atoms. The average molecular weight is 593 g/mol. The van der Waals surface area contributed by atoms with Crippen molar-refractivity contribution < 1.29 is 13.9 Å². The molecule has 2 aliphatic heterocycles. The predicted octanol–water partition coefficient (Wildman–Crippen LogP) is 5.48. The molecule has 2 aliphatic rings. The van der Waals surface area contributed by atoms with Gasteiger partial charge in [0, 0.05) is 30.1 Å². The summed E-state index contributed by atoms with van der Waals surface area (Å²) in [7, 11) is 0. The minimum Gasteiger partial charge on any atom is -0.484 e. The maximum Gasteiger partial charge on any atom is 0.301 e. The maximum atomic E-state index is 16.4. The molecular weight excluding hydrogens is 559 g/mol. The third kappa shape index (κ3) is 4.11. The second kappa shape index (κ2) is 10.3. The van der Waals surface area contributed by atoms with Gasteiger partial charge < -0.3 is 19.5 Å². The van der Waals surface area contributed by atoms with E-state index < -0.39 is 5.82 Å².